The van der Waals surface area contributed by atoms with E-state index in [0.29, 0.717) is 10.3 Å². The van der Waals surface area contributed by atoms with Gasteiger partial charge in [-0.3, -0.25) is 38.6 Å². The van der Waals surface area contributed by atoms with Gasteiger partial charge in [-0.15, -0.1) is 11.3 Å². The van der Waals surface area contributed by atoms with Crippen molar-refractivity contribution in [2.75, 3.05) is 39.0 Å². The molecule has 4 rings (SSSR count). The number of halogens is 1. The zero-order valence-corrected chi connectivity index (χ0v) is 24.9. The molecule has 2 aliphatic rings. The van der Waals surface area contributed by atoms with Gasteiger partial charge in [0.15, 0.2) is 0 Å². The van der Waals surface area contributed by atoms with Crippen molar-refractivity contribution < 1.29 is 24.0 Å². The van der Waals surface area contributed by atoms with Crippen LogP contribution in [-0.2, 0) is 25.7 Å². The molecule has 0 aromatic carbocycles. The normalized spacial score (nSPS) is 20.7. The molecule has 0 spiro atoms. The molecule has 2 aromatic heterocycles. The van der Waals surface area contributed by atoms with Crippen LogP contribution in [0.25, 0.3) is 0 Å². The number of carbonyl (C=O) groups is 5. The highest BCUT2D eigenvalue weighted by Crippen LogP contribution is 2.25. The Morgan fingerprint density at radius 1 is 1.14 bits per heavy atom. The lowest BCUT2D eigenvalue weighted by atomic mass is 9.95. The number of amides is 4. The highest BCUT2D eigenvalue weighted by molar-refractivity contribution is 7.18. The molecule has 2 fully saturated rings. The molecule has 2 aromatic rings. The first kappa shape index (κ1) is 31.3. The largest absolute Gasteiger partial charge is 0.353 e. The lowest BCUT2D eigenvalue weighted by Gasteiger charge is -2.48. The van der Waals surface area contributed by atoms with Crippen molar-refractivity contribution in [1.29, 1.82) is 0 Å². The van der Waals surface area contributed by atoms with Gasteiger partial charge in [0.2, 0.25) is 17.6 Å². The van der Waals surface area contributed by atoms with Gasteiger partial charge >= 0.3 is 0 Å². The van der Waals surface area contributed by atoms with E-state index >= 15 is 0 Å². The number of fused-ring (bicyclic) bond motifs is 2. The molecule has 4 heterocycles. The van der Waals surface area contributed by atoms with Crippen LogP contribution >= 0.6 is 22.9 Å². The van der Waals surface area contributed by atoms with Crippen LogP contribution in [0.3, 0.4) is 0 Å². The molecule has 4 N–H and O–H groups in total. The number of hydrogen-bond donors (Lipinski definition) is 4. The molecule has 4 atom stereocenters. The standard InChI is InChI=1S/C27H34ClN7O6S/c1-29-24(39)19(36)8-7-17(30-25(40)20-9-10-21(28)42-20)23(38)31-18-6-4-11-34(26(18)41)15-22(37)32-27-33(2)13-16-5-3-12-35(27)14-16/h4,6,9-11,16-17,27H,3,5,7-8,12-15H2,1-2H3,(H,29,39)(H,30,40)(H,31,38)(H,32,37)/t16?,17-,27?/m0/s1. The number of pyridine rings is 1. The van der Waals surface area contributed by atoms with Gasteiger partial charge in [0.1, 0.15) is 24.6 Å². The second-order valence-electron chi connectivity index (χ2n) is 10.4. The number of hydrogen-bond acceptors (Lipinski definition) is 9. The number of ketones is 1. The van der Waals surface area contributed by atoms with Crippen LogP contribution in [0, 0.1) is 5.92 Å². The molecule has 2 saturated heterocycles. The number of carbonyl (C=O) groups excluding carboxylic acids is 5. The molecular formula is C27H34ClN7O6S. The van der Waals surface area contributed by atoms with Gasteiger partial charge in [-0.2, -0.15) is 0 Å². The van der Waals surface area contributed by atoms with Crippen LogP contribution in [-0.4, -0.2) is 89.8 Å². The second kappa shape index (κ2) is 14.1. The number of nitrogens with one attached hydrogen (secondary N) is 4. The number of aromatic nitrogens is 1. The third kappa shape index (κ3) is 7.82. The predicted molar refractivity (Wildman–Crippen MR) is 157 cm³/mol. The van der Waals surface area contributed by atoms with Crippen LogP contribution in [0.1, 0.15) is 35.4 Å². The molecule has 4 amide bonds. The summed E-state index contributed by atoms with van der Waals surface area (Å²) < 4.78 is 1.56. The molecule has 0 radical (unpaired) electrons. The summed E-state index contributed by atoms with van der Waals surface area (Å²) in [6.07, 6.45) is 2.92. The molecule has 42 heavy (non-hydrogen) atoms. The summed E-state index contributed by atoms with van der Waals surface area (Å²) >= 11 is 6.92. The number of rotatable bonds is 11. The summed E-state index contributed by atoms with van der Waals surface area (Å²) in [6.45, 7) is 2.43. The number of anilines is 1. The fourth-order valence-corrected chi connectivity index (χ4v) is 6.19. The maximum atomic E-state index is 13.2. The molecule has 3 unspecified atom stereocenters. The van der Waals surface area contributed by atoms with Gasteiger partial charge in [-0.05, 0) is 56.5 Å². The smallest absolute Gasteiger partial charge is 0.287 e. The maximum Gasteiger partial charge on any atom is 0.287 e. The zero-order valence-electron chi connectivity index (χ0n) is 23.4. The van der Waals surface area contributed by atoms with Crippen molar-refractivity contribution in [2.24, 2.45) is 5.92 Å². The molecule has 13 nitrogen and oxygen atoms in total. The Balaban J connectivity index is 1.43. The minimum Gasteiger partial charge on any atom is -0.353 e. The average Bonchev–Trinajstić information content (AvgIpc) is 3.41. The summed E-state index contributed by atoms with van der Waals surface area (Å²) in [4.78, 5) is 80.4. The highest BCUT2D eigenvalue weighted by atomic mass is 35.5. The summed E-state index contributed by atoms with van der Waals surface area (Å²) in [5.74, 6) is -2.73. The van der Waals surface area contributed by atoms with Crippen molar-refractivity contribution in [3.05, 3.63) is 50.0 Å². The molecule has 0 aliphatic carbocycles. The van der Waals surface area contributed by atoms with Crippen LogP contribution in [0.5, 0.6) is 0 Å². The topological polar surface area (TPSA) is 162 Å². The number of nitrogens with zero attached hydrogens (tertiary/aromatic N) is 3. The van der Waals surface area contributed by atoms with Gasteiger partial charge in [0, 0.05) is 39.3 Å². The first-order chi connectivity index (χ1) is 20.0. The van der Waals surface area contributed by atoms with E-state index in [1.807, 2.05) is 7.05 Å². The van der Waals surface area contributed by atoms with Crippen LogP contribution in [0.15, 0.2) is 35.3 Å². The van der Waals surface area contributed by atoms with Gasteiger partial charge in [0.25, 0.3) is 17.4 Å². The van der Waals surface area contributed by atoms with Crippen molar-refractivity contribution in [3.8, 4) is 0 Å². The van der Waals surface area contributed by atoms with E-state index in [0.717, 1.165) is 37.4 Å². The third-order valence-electron chi connectivity index (χ3n) is 7.30. The number of thiophene rings is 1. The third-order valence-corrected chi connectivity index (χ3v) is 8.53. The summed E-state index contributed by atoms with van der Waals surface area (Å²) in [5, 5.41) is 10.3. The van der Waals surface area contributed by atoms with Crippen LogP contribution in [0.4, 0.5) is 5.69 Å². The SMILES string of the molecule is CNC(=O)C(=O)CC[C@H](NC(=O)c1ccc(Cl)s1)C(=O)Nc1cccn(CC(=O)NC2N(C)CC3CCCN2C3)c1=O. The van der Waals surface area contributed by atoms with Crippen LogP contribution in [0.2, 0.25) is 4.34 Å². The van der Waals surface area contributed by atoms with Gasteiger partial charge in [-0.25, -0.2) is 0 Å². The van der Waals surface area contributed by atoms with Crippen molar-refractivity contribution in [2.45, 2.75) is 44.6 Å². The molecule has 2 aliphatic heterocycles. The predicted octanol–water partition coefficient (Wildman–Crippen LogP) is 0.453. The summed E-state index contributed by atoms with van der Waals surface area (Å²) in [5.41, 5.74) is -0.729. The molecule has 0 saturated carbocycles. The molecule has 226 valence electrons. The molecule has 15 heteroatoms. The Hall–Kier alpha value is -3.59. The first-order valence-corrected chi connectivity index (χ1v) is 14.8. The van der Waals surface area contributed by atoms with Crippen molar-refractivity contribution in [1.82, 2.24) is 30.3 Å². The average molecular weight is 620 g/mol. The van der Waals surface area contributed by atoms with E-state index in [9.17, 15) is 28.8 Å². The lowest BCUT2D eigenvalue weighted by Crippen LogP contribution is -2.65. The fourth-order valence-electron chi connectivity index (χ4n) is 5.24. The minimum absolute atomic E-state index is 0.111. The Morgan fingerprint density at radius 2 is 1.93 bits per heavy atom. The number of likely N-dealkylation sites (N-methyl/N-ethyl adjacent to an activating group) is 1. The van der Waals surface area contributed by atoms with E-state index < -0.39 is 35.1 Å². The van der Waals surface area contributed by atoms with E-state index in [1.165, 1.54) is 48.5 Å². The maximum absolute atomic E-state index is 13.2. The van der Waals surface area contributed by atoms with E-state index in [2.05, 4.69) is 31.1 Å². The van der Waals surface area contributed by atoms with Gasteiger partial charge < -0.3 is 25.8 Å². The van der Waals surface area contributed by atoms with Gasteiger partial charge in [0.05, 0.1) is 9.21 Å². The monoisotopic (exact) mass is 619 g/mol. The number of piperidine rings is 1. The Morgan fingerprint density at radius 3 is 2.64 bits per heavy atom. The Labute approximate surface area is 251 Å². The summed E-state index contributed by atoms with van der Waals surface area (Å²) in [7, 11) is 3.27. The number of Topliss-reactive ketones (excluding diaryl/α,β-unsaturated/α-hetero) is 1. The van der Waals surface area contributed by atoms with E-state index in [-0.39, 0.29) is 42.1 Å². The zero-order chi connectivity index (χ0) is 30.4. The second-order valence-corrected chi connectivity index (χ2v) is 12.1. The van der Waals surface area contributed by atoms with E-state index in [4.69, 9.17) is 11.6 Å². The van der Waals surface area contributed by atoms with E-state index in [1.54, 1.807) is 0 Å². The lowest BCUT2D eigenvalue weighted by molar-refractivity contribution is -0.137. The Bertz CT molecular complexity index is 1410. The Kier molecular flexibility index (Phi) is 10.5. The van der Waals surface area contributed by atoms with Crippen molar-refractivity contribution >= 4 is 58.0 Å². The quantitative estimate of drug-likeness (QED) is 0.264. The molecular weight excluding hydrogens is 586 g/mol. The highest BCUT2D eigenvalue weighted by Gasteiger charge is 2.35. The summed E-state index contributed by atoms with van der Waals surface area (Å²) in [6, 6.07) is 4.66. The van der Waals surface area contributed by atoms with Crippen LogP contribution < -0.4 is 26.8 Å². The van der Waals surface area contributed by atoms with Gasteiger partial charge in [-0.1, -0.05) is 11.6 Å². The molecule has 2 bridgehead atoms. The minimum atomic E-state index is -1.25. The van der Waals surface area contributed by atoms with Crippen molar-refractivity contribution in [3.63, 3.8) is 0 Å². The fraction of sp³-hybridized carbons (Fsp3) is 0.481. The first-order valence-electron chi connectivity index (χ1n) is 13.6.